The number of rotatable bonds is 5. The number of alkyl halides is 1. The minimum absolute atomic E-state index is 0.0672. The van der Waals surface area contributed by atoms with Gasteiger partial charge in [-0.15, -0.1) is 0 Å². The van der Waals surface area contributed by atoms with Crippen LogP contribution in [0.1, 0.15) is 12.0 Å². The van der Waals surface area contributed by atoms with Crippen LogP contribution in [-0.4, -0.2) is 53.5 Å². The summed E-state index contributed by atoms with van der Waals surface area (Å²) >= 11 is 5.92. The minimum Gasteiger partial charge on any atom is -0.352 e. The number of aromatic nitrogens is 2. The zero-order valence-electron chi connectivity index (χ0n) is 16.5. The second-order valence-electron chi connectivity index (χ2n) is 7.34. The Bertz CT molecular complexity index is 1030. The van der Waals surface area contributed by atoms with Gasteiger partial charge in [-0.3, -0.25) is 4.79 Å². The van der Waals surface area contributed by atoms with E-state index >= 15 is 4.39 Å². The van der Waals surface area contributed by atoms with Gasteiger partial charge in [0.15, 0.2) is 0 Å². The molecular weight excluding hydrogens is 405 g/mol. The van der Waals surface area contributed by atoms with Gasteiger partial charge in [-0.05, 0) is 36.4 Å². The van der Waals surface area contributed by atoms with Crippen molar-refractivity contribution in [2.75, 3.05) is 37.6 Å². The summed E-state index contributed by atoms with van der Waals surface area (Å²) in [6, 6.07) is 14.1. The highest BCUT2D eigenvalue weighted by Crippen LogP contribution is 2.33. The first-order valence-electron chi connectivity index (χ1n) is 9.92. The van der Waals surface area contributed by atoms with Crippen molar-refractivity contribution in [3.8, 4) is 0 Å². The molecule has 1 amide bonds. The van der Waals surface area contributed by atoms with Crippen LogP contribution in [0.4, 0.5) is 10.2 Å². The normalized spacial score (nSPS) is 16.5. The van der Waals surface area contributed by atoms with Crippen LogP contribution < -0.4 is 10.6 Å². The van der Waals surface area contributed by atoms with Crippen molar-refractivity contribution in [3.05, 3.63) is 65.4 Å². The van der Waals surface area contributed by atoms with Gasteiger partial charge in [-0.2, -0.15) is 0 Å². The molecule has 0 radical (unpaired) electrons. The van der Waals surface area contributed by atoms with Gasteiger partial charge in [0.1, 0.15) is 12.1 Å². The number of nitrogens with two attached hydrogens (primary N) is 1. The van der Waals surface area contributed by atoms with Crippen LogP contribution in [0.3, 0.4) is 0 Å². The number of hydrogen-bond donors (Lipinski definition) is 1. The fraction of sp³-hybridized carbons (Fsp3) is 0.318. The molecule has 156 valence electrons. The number of carbonyl (C=O) groups excluding carboxylic acids is 1. The van der Waals surface area contributed by atoms with Crippen LogP contribution in [-0.2, 0) is 10.5 Å². The van der Waals surface area contributed by atoms with E-state index in [9.17, 15) is 4.79 Å². The fourth-order valence-corrected chi connectivity index (χ4v) is 4.03. The average Bonchev–Trinajstić information content (AvgIpc) is 2.79. The molecule has 1 aliphatic heterocycles. The number of para-hydroxylation sites is 1. The number of anilines is 1. The SMILES string of the molecule is NCCC(F)(C(=O)N1CCN(c2ncnc3ccccc23)CC1)c1ccc(Cl)cc1. The van der Waals surface area contributed by atoms with Crippen molar-refractivity contribution in [2.45, 2.75) is 12.1 Å². The summed E-state index contributed by atoms with van der Waals surface area (Å²) in [5.74, 6) is 0.279. The van der Waals surface area contributed by atoms with Crippen LogP contribution >= 0.6 is 11.6 Å². The molecule has 2 aromatic carbocycles. The third-order valence-electron chi connectivity index (χ3n) is 5.52. The molecule has 2 N–H and O–H groups in total. The van der Waals surface area contributed by atoms with Crippen LogP contribution in [0.15, 0.2) is 54.9 Å². The number of benzene rings is 2. The Balaban J connectivity index is 1.52. The maximum Gasteiger partial charge on any atom is 0.265 e. The number of carbonyl (C=O) groups is 1. The first kappa shape index (κ1) is 20.5. The van der Waals surface area contributed by atoms with Gasteiger partial charge in [-0.25, -0.2) is 14.4 Å². The molecule has 0 saturated carbocycles. The van der Waals surface area contributed by atoms with Crippen molar-refractivity contribution < 1.29 is 9.18 Å². The molecule has 1 fully saturated rings. The summed E-state index contributed by atoms with van der Waals surface area (Å²) in [7, 11) is 0. The smallest absolute Gasteiger partial charge is 0.265 e. The average molecular weight is 428 g/mol. The van der Waals surface area contributed by atoms with E-state index in [4.69, 9.17) is 17.3 Å². The molecule has 6 nitrogen and oxygen atoms in total. The number of fused-ring (bicyclic) bond motifs is 1. The maximum atomic E-state index is 15.9. The van der Waals surface area contributed by atoms with Crippen LogP contribution in [0, 0.1) is 0 Å². The van der Waals surface area contributed by atoms with Gasteiger partial charge in [0.25, 0.3) is 5.91 Å². The summed E-state index contributed by atoms with van der Waals surface area (Å²) in [4.78, 5) is 25.6. The Morgan fingerprint density at radius 2 is 1.77 bits per heavy atom. The third kappa shape index (κ3) is 3.82. The molecule has 0 bridgehead atoms. The number of amides is 1. The van der Waals surface area contributed by atoms with E-state index in [0.717, 1.165) is 16.7 Å². The van der Waals surface area contributed by atoms with E-state index in [-0.39, 0.29) is 18.5 Å². The first-order chi connectivity index (χ1) is 14.5. The molecule has 4 rings (SSSR count). The van der Waals surface area contributed by atoms with Gasteiger partial charge >= 0.3 is 0 Å². The van der Waals surface area contributed by atoms with E-state index in [1.807, 2.05) is 24.3 Å². The molecule has 0 spiro atoms. The second-order valence-corrected chi connectivity index (χ2v) is 7.78. The highest BCUT2D eigenvalue weighted by molar-refractivity contribution is 6.30. The summed E-state index contributed by atoms with van der Waals surface area (Å²) in [6.07, 6.45) is 1.47. The maximum absolute atomic E-state index is 15.9. The predicted octanol–water partition coefficient (Wildman–Crippen LogP) is 3.15. The lowest BCUT2D eigenvalue weighted by molar-refractivity contribution is -0.145. The standard InChI is InChI=1S/C22H23ClFN5O/c23-17-7-5-16(6-8-17)22(24,9-10-25)21(30)29-13-11-28(12-14-29)20-18-3-1-2-4-19(18)26-15-27-20/h1-8,15H,9-14,25H2. The quantitative estimate of drug-likeness (QED) is 0.677. The van der Waals surface area contributed by atoms with Gasteiger partial charge in [0.05, 0.1) is 5.52 Å². The first-order valence-corrected chi connectivity index (χ1v) is 10.3. The van der Waals surface area contributed by atoms with Crippen molar-refractivity contribution in [2.24, 2.45) is 5.73 Å². The fourth-order valence-electron chi connectivity index (χ4n) is 3.90. The van der Waals surface area contributed by atoms with Crippen LogP contribution in [0.5, 0.6) is 0 Å². The largest absolute Gasteiger partial charge is 0.352 e. The minimum atomic E-state index is -2.16. The summed E-state index contributed by atoms with van der Waals surface area (Å²) < 4.78 is 15.9. The van der Waals surface area contributed by atoms with Crippen LogP contribution in [0.2, 0.25) is 5.02 Å². The molecule has 8 heteroatoms. The predicted molar refractivity (Wildman–Crippen MR) is 116 cm³/mol. The molecule has 1 unspecified atom stereocenters. The lowest BCUT2D eigenvalue weighted by Crippen LogP contribution is -2.54. The van der Waals surface area contributed by atoms with Gasteiger partial charge in [0.2, 0.25) is 5.67 Å². The number of piperazine rings is 1. The molecule has 2 heterocycles. The lowest BCUT2D eigenvalue weighted by Gasteiger charge is -2.39. The number of halogens is 2. The van der Waals surface area contributed by atoms with Crippen LogP contribution in [0.25, 0.3) is 10.9 Å². The zero-order valence-corrected chi connectivity index (χ0v) is 17.2. The van der Waals surface area contributed by atoms with E-state index in [1.165, 1.54) is 0 Å². The van der Waals surface area contributed by atoms with Crippen molar-refractivity contribution in [3.63, 3.8) is 0 Å². The highest BCUT2D eigenvalue weighted by Gasteiger charge is 2.43. The molecule has 1 aliphatic rings. The molecule has 3 aromatic rings. The van der Waals surface area contributed by atoms with E-state index < -0.39 is 11.6 Å². The monoisotopic (exact) mass is 427 g/mol. The Morgan fingerprint density at radius 3 is 2.47 bits per heavy atom. The summed E-state index contributed by atoms with van der Waals surface area (Å²) in [6.45, 7) is 2.00. The van der Waals surface area contributed by atoms with E-state index in [2.05, 4.69) is 14.9 Å². The Hall–Kier alpha value is -2.77. The van der Waals surface area contributed by atoms with Crippen molar-refractivity contribution in [1.82, 2.24) is 14.9 Å². The molecule has 1 atom stereocenters. The molecular formula is C22H23ClFN5O. The molecule has 30 heavy (non-hydrogen) atoms. The van der Waals surface area contributed by atoms with E-state index in [1.54, 1.807) is 35.5 Å². The summed E-state index contributed by atoms with van der Waals surface area (Å²) in [5, 5.41) is 1.45. The third-order valence-corrected chi connectivity index (χ3v) is 5.77. The summed E-state index contributed by atoms with van der Waals surface area (Å²) in [5.41, 5.74) is 4.63. The number of nitrogens with zero attached hydrogens (tertiary/aromatic N) is 4. The molecule has 0 aliphatic carbocycles. The van der Waals surface area contributed by atoms with Gasteiger partial charge in [0, 0.05) is 43.0 Å². The number of hydrogen-bond acceptors (Lipinski definition) is 5. The Labute approximate surface area is 179 Å². The van der Waals surface area contributed by atoms with Crippen molar-refractivity contribution >= 4 is 34.2 Å². The lowest BCUT2D eigenvalue weighted by atomic mass is 9.90. The Kier molecular flexibility index (Phi) is 5.83. The van der Waals surface area contributed by atoms with Crippen molar-refractivity contribution in [1.29, 1.82) is 0 Å². The second kappa shape index (κ2) is 8.53. The Morgan fingerprint density at radius 1 is 1.07 bits per heavy atom. The zero-order chi connectivity index (χ0) is 21.1. The van der Waals surface area contributed by atoms with Gasteiger partial charge < -0.3 is 15.5 Å². The van der Waals surface area contributed by atoms with Gasteiger partial charge in [-0.1, -0.05) is 35.9 Å². The topological polar surface area (TPSA) is 75.4 Å². The van der Waals surface area contributed by atoms with E-state index in [0.29, 0.717) is 31.2 Å². The molecule has 1 aromatic heterocycles. The molecule has 1 saturated heterocycles. The highest BCUT2D eigenvalue weighted by atomic mass is 35.5.